The highest BCUT2D eigenvalue weighted by Gasteiger charge is 2.47. The molecule has 0 spiro atoms. The average Bonchev–Trinajstić information content (AvgIpc) is 3.24. The van der Waals surface area contributed by atoms with Gasteiger partial charge in [0.15, 0.2) is 6.23 Å². The van der Waals surface area contributed by atoms with Gasteiger partial charge in [-0.25, -0.2) is 5.06 Å². The van der Waals surface area contributed by atoms with Crippen LogP contribution in [0.15, 0.2) is 25.1 Å². The predicted octanol–water partition coefficient (Wildman–Crippen LogP) is 6.19. The van der Waals surface area contributed by atoms with E-state index in [2.05, 4.69) is 18.8 Å². The van der Waals surface area contributed by atoms with E-state index < -0.39 is 24.3 Å². The molecule has 0 aromatic heterocycles. The summed E-state index contributed by atoms with van der Waals surface area (Å²) >= 11 is 0. The topological polar surface area (TPSA) is 80.3 Å². The van der Waals surface area contributed by atoms with Gasteiger partial charge in [0.2, 0.25) is 5.91 Å². The number of carbonyl (C=O) groups is 2. The Labute approximate surface area is 229 Å². The molecule has 1 rings (SSSR count). The molecule has 1 saturated heterocycles. The van der Waals surface area contributed by atoms with Gasteiger partial charge < -0.3 is 14.8 Å². The molecule has 0 aromatic carbocycles. The van der Waals surface area contributed by atoms with E-state index in [0.717, 1.165) is 25.3 Å². The van der Waals surface area contributed by atoms with Gasteiger partial charge in [-0.3, -0.25) is 14.4 Å². The second kappa shape index (κ2) is 20.9. The summed E-state index contributed by atoms with van der Waals surface area (Å²) in [6.45, 7) is 7.59. The summed E-state index contributed by atoms with van der Waals surface area (Å²) in [7, 11) is 3.03. The highest BCUT2D eigenvalue weighted by atomic mass is 19.2. The summed E-state index contributed by atoms with van der Waals surface area (Å²) < 4.78 is 25.8. The molecule has 2 amide bonds. The van der Waals surface area contributed by atoms with Crippen LogP contribution in [0.25, 0.3) is 0 Å². The Hall–Kier alpha value is -1.97. The van der Waals surface area contributed by atoms with Crippen LogP contribution in [0.5, 0.6) is 0 Å². The molecule has 1 N–H and O–H groups in total. The number of hydrogen-bond donors (Lipinski definition) is 1. The molecule has 220 valence electrons. The lowest BCUT2D eigenvalue weighted by Gasteiger charge is -2.23. The number of hydroxylamine groups is 2. The molecule has 9 heteroatoms. The molecule has 4 unspecified atom stereocenters. The second-order valence-corrected chi connectivity index (χ2v) is 10.2. The Morgan fingerprint density at radius 3 is 2.08 bits per heavy atom. The third-order valence-corrected chi connectivity index (χ3v) is 7.12. The van der Waals surface area contributed by atoms with Crippen molar-refractivity contribution in [2.45, 2.75) is 122 Å². The van der Waals surface area contributed by atoms with Gasteiger partial charge in [-0.05, 0) is 12.6 Å². The molecule has 1 aliphatic rings. The van der Waals surface area contributed by atoms with Gasteiger partial charge in [-0.15, -0.1) is 5.12 Å². The van der Waals surface area contributed by atoms with Crippen molar-refractivity contribution in [2.75, 3.05) is 20.8 Å². The van der Waals surface area contributed by atoms with Crippen LogP contribution in [0.4, 0.5) is 4.48 Å². The molecule has 0 aromatic rings. The molecule has 4 atom stereocenters. The van der Waals surface area contributed by atoms with Gasteiger partial charge >= 0.3 is 0 Å². The van der Waals surface area contributed by atoms with Crippen LogP contribution in [-0.2, 0) is 23.9 Å². The van der Waals surface area contributed by atoms with Crippen molar-refractivity contribution in [1.29, 1.82) is 0 Å². The van der Waals surface area contributed by atoms with Crippen molar-refractivity contribution in [3.63, 3.8) is 0 Å². The number of unbranched alkanes of at least 4 members (excludes halogenated alkanes) is 12. The summed E-state index contributed by atoms with van der Waals surface area (Å²) in [5.74, 6) is -1.23. The van der Waals surface area contributed by atoms with Crippen LogP contribution >= 0.6 is 0 Å². The first-order valence-electron chi connectivity index (χ1n) is 14.5. The Bertz CT molecular complexity index is 693. The number of amides is 2. The average molecular weight is 542 g/mol. The van der Waals surface area contributed by atoms with Crippen molar-refractivity contribution >= 4 is 11.8 Å². The fourth-order valence-electron chi connectivity index (χ4n) is 4.65. The lowest BCUT2D eigenvalue weighted by molar-refractivity contribution is -0.207. The van der Waals surface area contributed by atoms with Crippen molar-refractivity contribution in [1.82, 2.24) is 15.5 Å². The minimum Gasteiger partial charge on any atom is -0.376 e. The number of hydrogen-bond acceptors (Lipinski definition) is 6. The monoisotopic (exact) mass is 541 g/mol. The molecule has 1 heterocycles. The standard InChI is InChI=1S/C29H52FN3O5/c1-6-8-9-10-11-12-13-14-15-16-17-18-19-20-26(34)32(4)37-23-25-24(3)28(36-5)29(38-25)33(30)27(35)21-22-31-7-2/h7,21-22,24-25,28-29,31H,2,6,8-20,23H2,1,3-5H3/b22-21-. The molecule has 38 heavy (non-hydrogen) atoms. The van der Waals surface area contributed by atoms with Crippen molar-refractivity contribution in [3.05, 3.63) is 25.1 Å². The third kappa shape index (κ3) is 13.2. The van der Waals surface area contributed by atoms with E-state index in [1.165, 1.54) is 88.8 Å². The van der Waals surface area contributed by atoms with Gasteiger partial charge in [-0.2, -0.15) is 0 Å². The number of halogens is 1. The Morgan fingerprint density at radius 2 is 1.55 bits per heavy atom. The fourth-order valence-corrected chi connectivity index (χ4v) is 4.65. The van der Waals surface area contributed by atoms with Crippen LogP contribution in [0.3, 0.4) is 0 Å². The quantitative estimate of drug-likeness (QED) is 0.0762. The van der Waals surface area contributed by atoms with E-state index in [0.29, 0.717) is 6.42 Å². The lowest BCUT2D eigenvalue weighted by Crippen LogP contribution is -2.41. The SMILES string of the molecule is C=CN/C=C\C(=O)N(F)C1OC(CON(C)C(=O)CCCCCCCCCCCCCCC)C(C)C1OC. The molecular formula is C29H52FN3O5. The number of ether oxygens (including phenoxy) is 2. The van der Waals surface area contributed by atoms with E-state index >= 15 is 0 Å². The van der Waals surface area contributed by atoms with Gasteiger partial charge in [0.25, 0.3) is 5.91 Å². The van der Waals surface area contributed by atoms with E-state index in [9.17, 15) is 14.1 Å². The summed E-state index contributed by atoms with van der Waals surface area (Å²) in [6.07, 6.45) is 18.0. The highest BCUT2D eigenvalue weighted by molar-refractivity contribution is 5.86. The van der Waals surface area contributed by atoms with E-state index in [1.807, 2.05) is 6.92 Å². The van der Waals surface area contributed by atoms with Crippen molar-refractivity contribution < 1.29 is 28.4 Å². The van der Waals surface area contributed by atoms with Crippen molar-refractivity contribution in [3.8, 4) is 0 Å². The minimum absolute atomic E-state index is 0.00938. The normalized spacial score (nSPS) is 21.1. The molecule has 0 saturated carbocycles. The summed E-state index contributed by atoms with van der Waals surface area (Å²) in [6, 6.07) is 0. The maximum absolute atomic E-state index is 14.7. The zero-order valence-corrected chi connectivity index (χ0v) is 24.2. The van der Waals surface area contributed by atoms with Crippen LogP contribution < -0.4 is 5.32 Å². The number of methoxy groups -OCH3 is 1. The molecule has 0 bridgehead atoms. The predicted molar refractivity (Wildman–Crippen MR) is 148 cm³/mol. The van der Waals surface area contributed by atoms with Gasteiger partial charge in [-0.1, -0.05) is 102 Å². The lowest BCUT2D eigenvalue weighted by atomic mass is 10.0. The number of nitrogens with one attached hydrogen (secondary N) is 1. The van der Waals surface area contributed by atoms with Gasteiger partial charge in [0, 0.05) is 38.8 Å². The smallest absolute Gasteiger partial charge is 0.278 e. The zero-order valence-electron chi connectivity index (χ0n) is 24.2. The maximum atomic E-state index is 14.7. The Kier molecular flexibility index (Phi) is 18.8. The number of nitrogens with zero attached hydrogens (tertiary/aromatic N) is 2. The maximum Gasteiger partial charge on any atom is 0.278 e. The number of carbonyl (C=O) groups excluding carboxylic acids is 2. The third-order valence-electron chi connectivity index (χ3n) is 7.12. The van der Waals surface area contributed by atoms with Crippen LogP contribution in [0.1, 0.15) is 104 Å². The molecule has 1 aliphatic heterocycles. The first-order valence-corrected chi connectivity index (χ1v) is 14.5. The zero-order chi connectivity index (χ0) is 28.2. The first-order chi connectivity index (χ1) is 18.4. The molecule has 1 fully saturated rings. The van der Waals surface area contributed by atoms with Gasteiger partial charge in [0.1, 0.15) is 12.7 Å². The Balaban J connectivity index is 2.23. The van der Waals surface area contributed by atoms with Gasteiger partial charge in [0.05, 0.1) is 6.10 Å². The van der Waals surface area contributed by atoms with E-state index in [4.69, 9.17) is 14.3 Å². The summed E-state index contributed by atoms with van der Waals surface area (Å²) in [4.78, 5) is 30.1. The van der Waals surface area contributed by atoms with E-state index in [1.54, 1.807) is 7.05 Å². The first kappa shape index (κ1) is 34.1. The van der Waals surface area contributed by atoms with E-state index in [-0.39, 0.29) is 23.6 Å². The second-order valence-electron chi connectivity index (χ2n) is 10.2. The Morgan fingerprint density at radius 1 is 1.00 bits per heavy atom. The minimum atomic E-state index is -1.21. The molecule has 0 aliphatic carbocycles. The fraction of sp³-hybridized carbons (Fsp3) is 0.793. The molecular weight excluding hydrogens is 489 g/mol. The molecule has 8 nitrogen and oxygen atoms in total. The molecule has 0 radical (unpaired) electrons. The van der Waals surface area contributed by atoms with Crippen molar-refractivity contribution in [2.24, 2.45) is 5.92 Å². The summed E-state index contributed by atoms with van der Waals surface area (Å²) in [5.41, 5.74) is 0. The number of rotatable bonds is 22. The van der Waals surface area contributed by atoms with Crippen LogP contribution in [0, 0.1) is 5.92 Å². The highest BCUT2D eigenvalue weighted by Crippen LogP contribution is 2.32. The van der Waals surface area contributed by atoms with Crippen LogP contribution in [-0.4, -0.2) is 61.2 Å². The van der Waals surface area contributed by atoms with Crippen LogP contribution in [0.2, 0.25) is 0 Å². The summed E-state index contributed by atoms with van der Waals surface area (Å²) in [5, 5.41) is 3.83. The largest absolute Gasteiger partial charge is 0.376 e.